The van der Waals surface area contributed by atoms with E-state index in [0.717, 1.165) is 55.6 Å². The third kappa shape index (κ3) is 4.61. The van der Waals surface area contributed by atoms with Gasteiger partial charge in [-0.15, -0.1) is 0 Å². The third-order valence-corrected chi connectivity index (χ3v) is 10.7. The first-order chi connectivity index (χ1) is 26.3. The van der Waals surface area contributed by atoms with E-state index in [4.69, 9.17) is 4.42 Å². The molecule has 0 fully saturated rings. The summed E-state index contributed by atoms with van der Waals surface area (Å²) in [6, 6.07) is 69.8. The van der Waals surface area contributed by atoms with Crippen molar-refractivity contribution in [2.75, 3.05) is 4.90 Å². The van der Waals surface area contributed by atoms with Crippen LogP contribution in [0.5, 0.6) is 0 Å². The van der Waals surface area contributed by atoms with Crippen LogP contribution < -0.4 is 4.90 Å². The summed E-state index contributed by atoms with van der Waals surface area (Å²) < 4.78 is 9.11. The zero-order chi connectivity index (χ0) is 34.9. The van der Waals surface area contributed by atoms with Crippen molar-refractivity contribution in [3.63, 3.8) is 0 Å². The SMILES string of the molecule is c1ccc(-n2c3ccccc3c3ccc(N(c4cccc(-c5cccc6ccccc56)c4)c4cccc5oc6c7ccccc7ccc6c45)cc32)cc1. The molecule has 0 saturated carbocycles. The van der Waals surface area contributed by atoms with Crippen molar-refractivity contribution in [1.82, 2.24) is 4.57 Å². The molecule has 0 spiro atoms. The van der Waals surface area contributed by atoms with Crippen molar-refractivity contribution in [2.45, 2.75) is 0 Å². The van der Waals surface area contributed by atoms with Crippen LogP contribution in [0.25, 0.3) is 82.1 Å². The van der Waals surface area contributed by atoms with Crippen LogP contribution in [0.2, 0.25) is 0 Å². The fraction of sp³-hybridized carbons (Fsp3) is 0. The van der Waals surface area contributed by atoms with Gasteiger partial charge in [0.15, 0.2) is 0 Å². The molecule has 0 atom stereocenters. The second kappa shape index (κ2) is 11.7. The van der Waals surface area contributed by atoms with Crippen LogP contribution >= 0.6 is 0 Å². The van der Waals surface area contributed by atoms with Gasteiger partial charge in [-0.3, -0.25) is 0 Å². The molecule has 0 bridgehead atoms. The van der Waals surface area contributed by atoms with Gasteiger partial charge in [-0.1, -0.05) is 133 Å². The van der Waals surface area contributed by atoms with Crippen molar-refractivity contribution in [2.24, 2.45) is 0 Å². The number of hydrogen-bond acceptors (Lipinski definition) is 2. The highest BCUT2D eigenvalue weighted by Gasteiger charge is 2.22. The lowest BCUT2D eigenvalue weighted by Crippen LogP contribution is -2.10. The molecule has 0 aliphatic rings. The van der Waals surface area contributed by atoms with Crippen molar-refractivity contribution in [3.8, 4) is 16.8 Å². The molecule has 11 aromatic rings. The molecule has 0 amide bonds. The Morgan fingerprint density at radius 3 is 1.96 bits per heavy atom. The summed E-state index contributed by atoms with van der Waals surface area (Å²) in [4.78, 5) is 2.41. The Morgan fingerprint density at radius 2 is 1.08 bits per heavy atom. The van der Waals surface area contributed by atoms with Gasteiger partial charge < -0.3 is 13.9 Å². The second-order valence-corrected chi connectivity index (χ2v) is 13.7. The Morgan fingerprint density at radius 1 is 0.415 bits per heavy atom. The molecule has 3 nitrogen and oxygen atoms in total. The Labute approximate surface area is 306 Å². The molecule has 11 rings (SSSR count). The van der Waals surface area contributed by atoms with E-state index in [9.17, 15) is 0 Å². The van der Waals surface area contributed by atoms with E-state index in [-0.39, 0.29) is 0 Å². The van der Waals surface area contributed by atoms with Crippen molar-refractivity contribution >= 4 is 82.4 Å². The van der Waals surface area contributed by atoms with Gasteiger partial charge in [0, 0.05) is 38.6 Å². The third-order valence-electron chi connectivity index (χ3n) is 10.7. The van der Waals surface area contributed by atoms with Gasteiger partial charge in [0.2, 0.25) is 0 Å². The zero-order valence-electron chi connectivity index (χ0n) is 28.8. The van der Waals surface area contributed by atoms with Gasteiger partial charge in [0.1, 0.15) is 11.2 Å². The first-order valence-corrected chi connectivity index (χ1v) is 18.1. The monoisotopic (exact) mass is 676 g/mol. The normalized spacial score (nSPS) is 11.8. The van der Waals surface area contributed by atoms with Crippen LogP contribution in [0.15, 0.2) is 199 Å². The molecule has 0 radical (unpaired) electrons. The molecule has 0 unspecified atom stereocenters. The van der Waals surface area contributed by atoms with Gasteiger partial charge in [-0.25, -0.2) is 0 Å². The fourth-order valence-corrected chi connectivity index (χ4v) is 8.39. The average molecular weight is 677 g/mol. The molecule has 0 N–H and O–H groups in total. The first kappa shape index (κ1) is 29.6. The van der Waals surface area contributed by atoms with E-state index in [1.165, 1.54) is 43.6 Å². The number of hydrogen-bond donors (Lipinski definition) is 0. The fourth-order valence-electron chi connectivity index (χ4n) is 8.39. The number of nitrogens with zero attached hydrogens (tertiary/aromatic N) is 2. The highest BCUT2D eigenvalue weighted by Crippen LogP contribution is 2.46. The number of rotatable bonds is 5. The summed E-state index contributed by atoms with van der Waals surface area (Å²) >= 11 is 0. The molecule has 2 heterocycles. The van der Waals surface area contributed by atoms with E-state index in [1.54, 1.807) is 0 Å². The molecule has 0 aliphatic heterocycles. The van der Waals surface area contributed by atoms with Crippen molar-refractivity contribution in [3.05, 3.63) is 194 Å². The summed E-state index contributed by atoms with van der Waals surface area (Å²) in [7, 11) is 0. The Balaban J connectivity index is 1.21. The van der Waals surface area contributed by atoms with Crippen molar-refractivity contribution < 1.29 is 4.42 Å². The highest BCUT2D eigenvalue weighted by atomic mass is 16.3. The second-order valence-electron chi connectivity index (χ2n) is 13.7. The maximum atomic E-state index is 6.73. The number of fused-ring (bicyclic) bond motifs is 9. The maximum Gasteiger partial charge on any atom is 0.143 e. The van der Waals surface area contributed by atoms with E-state index in [1.807, 2.05) is 0 Å². The lowest BCUT2D eigenvalue weighted by atomic mass is 9.97. The highest BCUT2D eigenvalue weighted by molar-refractivity contribution is 6.20. The summed E-state index contributed by atoms with van der Waals surface area (Å²) in [5.41, 5.74) is 10.8. The van der Waals surface area contributed by atoms with E-state index in [2.05, 4.69) is 204 Å². The van der Waals surface area contributed by atoms with Gasteiger partial charge in [-0.05, 0) is 87.9 Å². The molecular formula is C50H32N2O. The molecule has 2 aromatic heterocycles. The Kier molecular flexibility index (Phi) is 6.55. The predicted octanol–water partition coefficient (Wildman–Crippen LogP) is 14.1. The Hall–Kier alpha value is -7.10. The molecule has 9 aromatic carbocycles. The molecule has 248 valence electrons. The molecule has 3 heteroatoms. The number of para-hydroxylation sites is 2. The zero-order valence-corrected chi connectivity index (χ0v) is 28.8. The number of aromatic nitrogens is 1. The van der Waals surface area contributed by atoms with Gasteiger partial charge in [-0.2, -0.15) is 0 Å². The largest absolute Gasteiger partial charge is 0.455 e. The standard InChI is InChI=1S/C50H32N2O/c1-2-17-36(18-3-1)52-45-24-9-8-22-42(45)43-30-28-38(32-47(43)52)51(37-19-10-16-35(31-37)40-23-11-15-33-13-4-6-20-39(33)40)46-25-12-26-48-49(46)44-29-27-34-14-5-7-21-41(34)50(44)53-48/h1-32H. The minimum absolute atomic E-state index is 0.864. The summed E-state index contributed by atoms with van der Waals surface area (Å²) in [6.07, 6.45) is 0. The van der Waals surface area contributed by atoms with Gasteiger partial charge in [0.25, 0.3) is 0 Å². The van der Waals surface area contributed by atoms with Crippen LogP contribution in [-0.4, -0.2) is 4.57 Å². The summed E-state index contributed by atoms with van der Waals surface area (Å²) in [6.45, 7) is 0. The van der Waals surface area contributed by atoms with Gasteiger partial charge >= 0.3 is 0 Å². The van der Waals surface area contributed by atoms with E-state index < -0.39 is 0 Å². The van der Waals surface area contributed by atoms with Crippen molar-refractivity contribution in [1.29, 1.82) is 0 Å². The van der Waals surface area contributed by atoms with Crippen LogP contribution in [0.4, 0.5) is 17.1 Å². The van der Waals surface area contributed by atoms with Gasteiger partial charge in [0.05, 0.1) is 22.1 Å². The molecular weight excluding hydrogens is 645 g/mol. The maximum absolute atomic E-state index is 6.73. The quantitative estimate of drug-likeness (QED) is 0.181. The van der Waals surface area contributed by atoms with E-state index >= 15 is 0 Å². The molecule has 53 heavy (non-hydrogen) atoms. The molecule has 0 aliphatic carbocycles. The summed E-state index contributed by atoms with van der Waals surface area (Å²) in [5, 5.41) is 9.39. The lowest BCUT2D eigenvalue weighted by molar-refractivity contribution is 0.672. The van der Waals surface area contributed by atoms with Crippen LogP contribution in [0.1, 0.15) is 0 Å². The Bertz CT molecular complexity index is 3180. The first-order valence-electron chi connectivity index (χ1n) is 18.1. The molecule has 0 saturated heterocycles. The minimum atomic E-state index is 0.864. The summed E-state index contributed by atoms with van der Waals surface area (Å²) in [5.74, 6) is 0. The number of anilines is 3. The topological polar surface area (TPSA) is 21.3 Å². The smallest absolute Gasteiger partial charge is 0.143 e. The predicted molar refractivity (Wildman–Crippen MR) is 223 cm³/mol. The lowest BCUT2D eigenvalue weighted by Gasteiger charge is -2.27. The average Bonchev–Trinajstić information content (AvgIpc) is 3.78. The van der Waals surface area contributed by atoms with E-state index in [0.29, 0.717) is 0 Å². The van der Waals surface area contributed by atoms with Crippen LogP contribution in [0.3, 0.4) is 0 Å². The van der Waals surface area contributed by atoms with Crippen LogP contribution in [-0.2, 0) is 0 Å². The number of benzene rings is 9. The number of furan rings is 1. The van der Waals surface area contributed by atoms with Crippen LogP contribution in [0, 0.1) is 0 Å². The minimum Gasteiger partial charge on any atom is -0.455 e.